The quantitative estimate of drug-likeness (QED) is 0.634. The van der Waals surface area contributed by atoms with E-state index in [4.69, 9.17) is 0 Å². The molecule has 0 bridgehead atoms. The standard InChI is InChI=1S/C21H24N6O3S/c1-14-15(2)31-20-19(14)21(30)27(13-24-20)12-17(28)23-11-18(29)26-9-7-25(8-10-26)16-5-3-4-6-22-16/h3-6,13H,7-12H2,1-2H3,(H,23,28). The van der Waals surface area contributed by atoms with Crippen molar-refractivity contribution in [3.8, 4) is 0 Å². The first-order valence-corrected chi connectivity index (χ1v) is 10.9. The van der Waals surface area contributed by atoms with Crippen molar-refractivity contribution in [1.29, 1.82) is 0 Å². The first-order chi connectivity index (χ1) is 14.9. The van der Waals surface area contributed by atoms with Gasteiger partial charge < -0.3 is 15.1 Å². The van der Waals surface area contributed by atoms with Crippen LogP contribution in [0.15, 0.2) is 35.5 Å². The number of aromatic nitrogens is 3. The molecular weight excluding hydrogens is 416 g/mol. The van der Waals surface area contributed by atoms with Crippen LogP contribution in [0.2, 0.25) is 0 Å². The number of carbonyl (C=O) groups is 2. The summed E-state index contributed by atoms with van der Waals surface area (Å²) in [6.45, 7) is 6.09. The second-order valence-corrected chi connectivity index (χ2v) is 8.68. The highest BCUT2D eigenvalue weighted by molar-refractivity contribution is 7.18. The predicted molar refractivity (Wildman–Crippen MR) is 119 cm³/mol. The summed E-state index contributed by atoms with van der Waals surface area (Å²) < 4.78 is 1.28. The van der Waals surface area contributed by atoms with Gasteiger partial charge in [0.05, 0.1) is 18.3 Å². The fourth-order valence-corrected chi connectivity index (χ4v) is 4.59. The highest BCUT2D eigenvalue weighted by Crippen LogP contribution is 2.25. The fourth-order valence-electron chi connectivity index (χ4n) is 3.60. The molecule has 1 N–H and O–H groups in total. The number of amides is 2. The van der Waals surface area contributed by atoms with E-state index in [2.05, 4.69) is 20.2 Å². The molecule has 31 heavy (non-hydrogen) atoms. The summed E-state index contributed by atoms with van der Waals surface area (Å²) in [7, 11) is 0. The van der Waals surface area contributed by atoms with Gasteiger partial charge in [0, 0.05) is 37.3 Å². The minimum Gasteiger partial charge on any atom is -0.353 e. The minimum absolute atomic E-state index is 0.0938. The first-order valence-electron chi connectivity index (χ1n) is 10.1. The number of thiophene rings is 1. The molecule has 4 rings (SSSR count). The van der Waals surface area contributed by atoms with Crippen LogP contribution in [0.3, 0.4) is 0 Å². The van der Waals surface area contributed by atoms with Crippen molar-refractivity contribution >= 4 is 39.2 Å². The van der Waals surface area contributed by atoms with Crippen LogP contribution in [0.25, 0.3) is 10.2 Å². The number of piperazine rings is 1. The topological polar surface area (TPSA) is 100 Å². The van der Waals surface area contributed by atoms with Crippen molar-refractivity contribution in [1.82, 2.24) is 24.8 Å². The largest absolute Gasteiger partial charge is 0.353 e. The van der Waals surface area contributed by atoms with Gasteiger partial charge in [0.2, 0.25) is 11.8 Å². The summed E-state index contributed by atoms with van der Waals surface area (Å²) >= 11 is 1.47. The van der Waals surface area contributed by atoms with Gasteiger partial charge >= 0.3 is 0 Å². The predicted octanol–water partition coefficient (Wildman–Crippen LogP) is 0.935. The van der Waals surface area contributed by atoms with E-state index in [-0.39, 0.29) is 24.6 Å². The molecule has 3 aromatic rings. The van der Waals surface area contributed by atoms with Crippen LogP contribution in [0.1, 0.15) is 10.4 Å². The molecule has 1 saturated heterocycles. The number of hydrogen-bond donors (Lipinski definition) is 1. The molecule has 4 heterocycles. The molecule has 1 aliphatic rings. The Hall–Kier alpha value is -3.27. The number of nitrogens with zero attached hydrogens (tertiary/aromatic N) is 5. The maximum Gasteiger partial charge on any atom is 0.262 e. The normalized spacial score (nSPS) is 14.1. The average Bonchev–Trinajstić information content (AvgIpc) is 3.09. The summed E-state index contributed by atoms with van der Waals surface area (Å²) in [5, 5.41) is 3.18. The Morgan fingerprint density at radius 3 is 2.61 bits per heavy atom. The molecule has 0 unspecified atom stereocenters. The van der Waals surface area contributed by atoms with Gasteiger partial charge in [-0.3, -0.25) is 19.0 Å². The Labute approximate surface area is 183 Å². The van der Waals surface area contributed by atoms with Gasteiger partial charge in [-0.05, 0) is 31.5 Å². The lowest BCUT2D eigenvalue weighted by Gasteiger charge is -2.35. The second kappa shape index (κ2) is 8.84. The molecule has 0 radical (unpaired) electrons. The Morgan fingerprint density at radius 2 is 1.90 bits per heavy atom. The molecule has 10 heteroatoms. The Morgan fingerprint density at radius 1 is 1.13 bits per heavy atom. The van der Waals surface area contributed by atoms with Gasteiger partial charge in [-0.15, -0.1) is 11.3 Å². The third-order valence-corrected chi connectivity index (χ3v) is 6.63. The third kappa shape index (κ3) is 4.43. The molecule has 162 valence electrons. The average molecular weight is 441 g/mol. The van der Waals surface area contributed by atoms with Crippen molar-refractivity contribution in [3.63, 3.8) is 0 Å². The zero-order valence-corrected chi connectivity index (χ0v) is 18.3. The molecular formula is C21H24N6O3S. The highest BCUT2D eigenvalue weighted by atomic mass is 32.1. The van der Waals surface area contributed by atoms with E-state index >= 15 is 0 Å². The molecule has 1 fully saturated rings. The number of carbonyl (C=O) groups excluding carboxylic acids is 2. The molecule has 2 amide bonds. The molecule has 0 saturated carbocycles. The molecule has 0 atom stereocenters. The van der Waals surface area contributed by atoms with E-state index in [0.717, 1.165) is 16.3 Å². The smallest absolute Gasteiger partial charge is 0.262 e. The van der Waals surface area contributed by atoms with Gasteiger partial charge in [-0.1, -0.05) is 6.07 Å². The van der Waals surface area contributed by atoms with Crippen molar-refractivity contribution in [3.05, 3.63) is 51.5 Å². The molecule has 0 aromatic carbocycles. The Bertz CT molecular complexity index is 1170. The number of aryl methyl sites for hydroxylation is 2. The second-order valence-electron chi connectivity index (χ2n) is 7.47. The Balaban J connectivity index is 1.30. The molecule has 3 aromatic heterocycles. The summed E-state index contributed by atoms with van der Waals surface area (Å²) in [5.41, 5.74) is 0.659. The molecule has 9 nitrogen and oxygen atoms in total. The highest BCUT2D eigenvalue weighted by Gasteiger charge is 2.22. The SMILES string of the molecule is Cc1sc2ncn(CC(=O)NCC(=O)N3CCN(c4ccccn4)CC3)c(=O)c2c1C. The van der Waals surface area contributed by atoms with Gasteiger partial charge in [0.1, 0.15) is 17.2 Å². The Kier molecular flexibility index (Phi) is 5.99. The van der Waals surface area contributed by atoms with Crippen molar-refractivity contribution in [2.75, 3.05) is 37.6 Å². The number of anilines is 1. The number of pyridine rings is 1. The fraction of sp³-hybridized carbons (Fsp3) is 0.381. The summed E-state index contributed by atoms with van der Waals surface area (Å²) in [6, 6.07) is 5.76. The van der Waals surface area contributed by atoms with Crippen molar-refractivity contribution < 1.29 is 9.59 Å². The van der Waals surface area contributed by atoms with Gasteiger partial charge in [-0.2, -0.15) is 0 Å². The van der Waals surface area contributed by atoms with E-state index in [0.29, 0.717) is 36.4 Å². The van der Waals surface area contributed by atoms with Crippen LogP contribution in [-0.4, -0.2) is 64.0 Å². The lowest BCUT2D eigenvalue weighted by molar-refractivity contribution is -0.133. The molecule has 1 aliphatic heterocycles. The third-order valence-electron chi connectivity index (χ3n) is 5.51. The number of hydrogen-bond acceptors (Lipinski definition) is 7. The van der Waals surface area contributed by atoms with Crippen LogP contribution in [-0.2, 0) is 16.1 Å². The maximum atomic E-state index is 12.7. The number of rotatable bonds is 5. The van der Waals surface area contributed by atoms with E-state index in [1.165, 1.54) is 22.2 Å². The van der Waals surface area contributed by atoms with Crippen LogP contribution < -0.4 is 15.8 Å². The zero-order chi connectivity index (χ0) is 22.0. The first kappa shape index (κ1) is 21.0. The number of fused-ring (bicyclic) bond motifs is 1. The molecule has 0 spiro atoms. The van der Waals surface area contributed by atoms with Crippen LogP contribution in [0.5, 0.6) is 0 Å². The summed E-state index contributed by atoms with van der Waals surface area (Å²) in [4.78, 5) is 51.7. The van der Waals surface area contributed by atoms with Crippen LogP contribution >= 0.6 is 11.3 Å². The lowest BCUT2D eigenvalue weighted by Crippen LogP contribution is -2.51. The van der Waals surface area contributed by atoms with E-state index in [1.807, 2.05) is 32.0 Å². The summed E-state index contributed by atoms with van der Waals surface area (Å²) in [6.07, 6.45) is 3.14. The lowest BCUT2D eigenvalue weighted by atomic mass is 10.2. The zero-order valence-electron chi connectivity index (χ0n) is 17.5. The van der Waals surface area contributed by atoms with Gasteiger partial charge in [0.25, 0.3) is 5.56 Å². The maximum absolute atomic E-state index is 12.7. The van der Waals surface area contributed by atoms with Gasteiger partial charge in [0.15, 0.2) is 0 Å². The van der Waals surface area contributed by atoms with E-state index in [1.54, 1.807) is 11.1 Å². The van der Waals surface area contributed by atoms with Crippen molar-refractivity contribution in [2.45, 2.75) is 20.4 Å². The summed E-state index contributed by atoms with van der Waals surface area (Å²) in [5.74, 6) is 0.363. The van der Waals surface area contributed by atoms with Crippen LogP contribution in [0.4, 0.5) is 5.82 Å². The number of nitrogens with one attached hydrogen (secondary N) is 1. The van der Waals surface area contributed by atoms with Crippen molar-refractivity contribution in [2.24, 2.45) is 0 Å². The van der Waals surface area contributed by atoms with Gasteiger partial charge in [-0.25, -0.2) is 9.97 Å². The molecule has 0 aliphatic carbocycles. The van der Waals surface area contributed by atoms with E-state index < -0.39 is 5.91 Å². The van der Waals surface area contributed by atoms with Crippen LogP contribution in [0, 0.1) is 13.8 Å². The van der Waals surface area contributed by atoms with E-state index in [9.17, 15) is 14.4 Å². The monoisotopic (exact) mass is 440 g/mol. The minimum atomic E-state index is -0.395.